The van der Waals surface area contributed by atoms with Crippen molar-refractivity contribution in [1.29, 1.82) is 5.26 Å². The van der Waals surface area contributed by atoms with Crippen LogP contribution in [0.1, 0.15) is 35.2 Å². The second-order valence-corrected chi connectivity index (χ2v) is 10.1. The predicted molar refractivity (Wildman–Crippen MR) is 144 cm³/mol. The molecule has 0 bridgehead atoms. The van der Waals surface area contributed by atoms with Gasteiger partial charge in [0.05, 0.1) is 25.3 Å². The number of nitrogens with zero attached hydrogens (tertiary/aromatic N) is 2. The SMILES string of the molecule is COc1ccc(C(=O)N2CCC(COc3ccc(-c4ccc(C#N)cc4)cc3)(C3CCNC(=O)C3)C2)cc1. The first-order valence-corrected chi connectivity index (χ1v) is 12.9. The molecule has 0 aliphatic carbocycles. The summed E-state index contributed by atoms with van der Waals surface area (Å²) in [4.78, 5) is 27.5. The van der Waals surface area contributed by atoms with E-state index < -0.39 is 0 Å². The molecule has 2 unspecified atom stereocenters. The van der Waals surface area contributed by atoms with Gasteiger partial charge in [0.25, 0.3) is 5.91 Å². The van der Waals surface area contributed by atoms with Crippen molar-refractivity contribution in [2.45, 2.75) is 19.3 Å². The third kappa shape index (κ3) is 5.35. The molecule has 2 saturated heterocycles. The molecule has 3 aromatic rings. The van der Waals surface area contributed by atoms with Crippen molar-refractivity contribution in [1.82, 2.24) is 10.2 Å². The number of nitrogens with one attached hydrogen (secondary N) is 1. The van der Waals surface area contributed by atoms with Crippen LogP contribution in [0.25, 0.3) is 11.1 Å². The Kier molecular flexibility index (Phi) is 7.32. The summed E-state index contributed by atoms with van der Waals surface area (Å²) in [5.41, 5.74) is 3.03. The lowest BCUT2D eigenvalue weighted by Gasteiger charge is -2.39. The van der Waals surface area contributed by atoms with Crippen molar-refractivity contribution in [2.24, 2.45) is 11.3 Å². The largest absolute Gasteiger partial charge is 0.497 e. The average Bonchev–Trinajstić information content (AvgIpc) is 3.42. The molecule has 38 heavy (non-hydrogen) atoms. The minimum absolute atomic E-state index is 0.0124. The van der Waals surface area contributed by atoms with Gasteiger partial charge < -0.3 is 19.7 Å². The van der Waals surface area contributed by atoms with Crippen LogP contribution in [-0.4, -0.2) is 50.1 Å². The predicted octanol–water partition coefficient (Wildman–Crippen LogP) is 4.67. The van der Waals surface area contributed by atoms with E-state index in [1.165, 1.54) is 0 Å². The van der Waals surface area contributed by atoms with Crippen molar-refractivity contribution in [3.63, 3.8) is 0 Å². The van der Waals surface area contributed by atoms with Gasteiger partial charge in [0.1, 0.15) is 11.5 Å². The van der Waals surface area contributed by atoms with Crippen LogP contribution in [0.4, 0.5) is 0 Å². The van der Waals surface area contributed by atoms with Gasteiger partial charge in [-0.1, -0.05) is 24.3 Å². The molecule has 2 atom stereocenters. The minimum atomic E-state index is -0.300. The number of nitriles is 1. The Morgan fingerprint density at radius 1 is 1.03 bits per heavy atom. The van der Waals surface area contributed by atoms with Crippen LogP contribution in [0, 0.1) is 22.7 Å². The van der Waals surface area contributed by atoms with Crippen molar-refractivity contribution in [2.75, 3.05) is 33.4 Å². The van der Waals surface area contributed by atoms with Gasteiger partial charge in [-0.3, -0.25) is 9.59 Å². The van der Waals surface area contributed by atoms with E-state index in [-0.39, 0.29) is 23.1 Å². The van der Waals surface area contributed by atoms with Gasteiger partial charge >= 0.3 is 0 Å². The summed E-state index contributed by atoms with van der Waals surface area (Å²) in [6.07, 6.45) is 2.11. The number of carbonyl (C=O) groups excluding carboxylic acids is 2. The summed E-state index contributed by atoms with van der Waals surface area (Å²) in [7, 11) is 1.60. The van der Waals surface area contributed by atoms with E-state index in [0.29, 0.717) is 49.5 Å². The molecule has 0 spiro atoms. The lowest BCUT2D eigenvalue weighted by molar-refractivity contribution is -0.125. The second kappa shape index (κ2) is 11.0. The molecule has 2 heterocycles. The molecule has 0 aromatic heterocycles. The van der Waals surface area contributed by atoms with E-state index >= 15 is 0 Å². The molecule has 2 aliphatic rings. The van der Waals surface area contributed by atoms with Gasteiger partial charge in [-0.05, 0) is 78.4 Å². The Morgan fingerprint density at radius 3 is 2.32 bits per heavy atom. The maximum Gasteiger partial charge on any atom is 0.253 e. The first kappa shape index (κ1) is 25.3. The number of likely N-dealkylation sites (tertiary alicyclic amines) is 1. The highest BCUT2D eigenvalue weighted by Crippen LogP contribution is 2.43. The number of hydrogen-bond acceptors (Lipinski definition) is 5. The highest BCUT2D eigenvalue weighted by atomic mass is 16.5. The summed E-state index contributed by atoms with van der Waals surface area (Å²) < 4.78 is 11.6. The molecular formula is C31H31N3O4. The van der Waals surface area contributed by atoms with Crippen LogP contribution in [-0.2, 0) is 4.79 Å². The molecule has 0 saturated carbocycles. The molecular weight excluding hydrogens is 478 g/mol. The first-order valence-electron chi connectivity index (χ1n) is 12.9. The molecule has 2 aliphatic heterocycles. The highest BCUT2D eigenvalue weighted by molar-refractivity contribution is 5.94. The minimum Gasteiger partial charge on any atom is -0.497 e. The van der Waals surface area contributed by atoms with Crippen molar-refractivity contribution >= 4 is 11.8 Å². The van der Waals surface area contributed by atoms with Gasteiger partial charge in [-0.2, -0.15) is 5.26 Å². The number of amides is 2. The van der Waals surface area contributed by atoms with Crippen LogP contribution in [0.5, 0.6) is 11.5 Å². The van der Waals surface area contributed by atoms with Crippen molar-refractivity contribution in [3.8, 4) is 28.7 Å². The Morgan fingerprint density at radius 2 is 1.68 bits per heavy atom. The average molecular weight is 510 g/mol. The van der Waals surface area contributed by atoms with Crippen molar-refractivity contribution < 1.29 is 19.1 Å². The fourth-order valence-electron chi connectivity index (χ4n) is 5.57. The van der Waals surface area contributed by atoms with Gasteiger partial charge in [0.2, 0.25) is 5.91 Å². The zero-order chi connectivity index (χ0) is 26.5. The molecule has 2 fully saturated rings. The summed E-state index contributed by atoms with van der Waals surface area (Å²) in [5, 5.41) is 12.0. The summed E-state index contributed by atoms with van der Waals surface area (Å²) in [6.45, 7) is 2.27. The summed E-state index contributed by atoms with van der Waals surface area (Å²) >= 11 is 0. The normalized spacial score (nSPS) is 20.9. The second-order valence-electron chi connectivity index (χ2n) is 10.1. The first-order chi connectivity index (χ1) is 18.5. The Labute approximate surface area is 223 Å². The number of piperidine rings is 1. The van der Waals surface area contributed by atoms with Crippen LogP contribution in [0.15, 0.2) is 72.8 Å². The molecule has 7 heteroatoms. The Balaban J connectivity index is 1.31. The van der Waals surface area contributed by atoms with E-state index in [2.05, 4.69) is 11.4 Å². The van der Waals surface area contributed by atoms with E-state index in [0.717, 1.165) is 29.7 Å². The fraction of sp³-hybridized carbons (Fsp3) is 0.323. The zero-order valence-corrected chi connectivity index (χ0v) is 21.5. The number of ether oxygens (including phenoxy) is 2. The standard InChI is InChI=1S/C31H31N3O4/c1-37-27-10-8-25(9-11-27)30(36)34-17-15-31(20-34,26-14-16-33-29(35)18-26)21-38-28-12-6-24(7-13-28)23-4-2-22(19-32)3-5-23/h2-13,26H,14-18,20-21H2,1H3,(H,33,35). The highest BCUT2D eigenvalue weighted by Gasteiger charge is 2.47. The molecule has 0 radical (unpaired) electrons. The smallest absolute Gasteiger partial charge is 0.253 e. The Hall–Kier alpha value is -4.31. The van der Waals surface area contributed by atoms with Gasteiger partial charge in [0.15, 0.2) is 0 Å². The van der Waals surface area contributed by atoms with E-state index in [1.807, 2.05) is 53.4 Å². The Bertz CT molecular complexity index is 1330. The topological polar surface area (TPSA) is 91.7 Å². The molecule has 1 N–H and O–H groups in total. The van der Waals surface area contributed by atoms with Gasteiger partial charge in [0, 0.05) is 37.0 Å². The summed E-state index contributed by atoms with van der Waals surface area (Å²) in [6, 6.07) is 24.7. The fourth-order valence-corrected chi connectivity index (χ4v) is 5.57. The van der Waals surface area contributed by atoms with Crippen molar-refractivity contribution in [3.05, 3.63) is 83.9 Å². The van der Waals surface area contributed by atoms with Crippen LogP contribution in [0.3, 0.4) is 0 Å². The number of carbonyl (C=O) groups is 2. The van der Waals surface area contributed by atoms with Crippen LogP contribution in [0.2, 0.25) is 0 Å². The quantitative estimate of drug-likeness (QED) is 0.500. The zero-order valence-electron chi connectivity index (χ0n) is 21.5. The number of benzene rings is 3. The van der Waals surface area contributed by atoms with Gasteiger partial charge in [-0.25, -0.2) is 0 Å². The third-order valence-corrected chi connectivity index (χ3v) is 7.85. The number of rotatable bonds is 7. The molecule has 5 rings (SSSR count). The van der Waals surface area contributed by atoms with Gasteiger partial charge in [-0.15, -0.1) is 0 Å². The summed E-state index contributed by atoms with van der Waals surface area (Å²) in [5.74, 6) is 1.66. The van der Waals surface area contributed by atoms with E-state index in [4.69, 9.17) is 14.7 Å². The van der Waals surface area contributed by atoms with E-state index in [1.54, 1.807) is 31.4 Å². The van der Waals surface area contributed by atoms with Crippen LogP contribution < -0.4 is 14.8 Å². The maximum atomic E-state index is 13.3. The lowest BCUT2D eigenvalue weighted by atomic mass is 9.70. The molecule has 3 aromatic carbocycles. The molecule has 7 nitrogen and oxygen atoms in total. The maximum absolute atomic E-state index is 13.3. The van der Waals surface area contributed by atoms with E-state index in [9.17, 15) is 9.59 Å². The number of hydrogen-bond donors (Lipinski definition) is 1. The number of methoxy groups -OCH3 is 1. The third-order valence-electron chi connectivity index (χ3n) is 7.85. The lowest BCUT2D eigenvalue weighted by Crippen LogP contribution is -2.46. The monoisotopic (exact) mass is 509 g/mol. The molecule has 194 valence electrons. The van der Waals surface area contributed by atoms with Crippen LogP contribution >= 0.6 is 0 Å². The molecule has 2 amide bonds.